The van der Waals surface area contributed by atoms with Crippen LogP contribution in [0.2, 0.25) is 0 Å². The molecule has 0 atom stereocenters. The molecule has 0 aliphatic heterocycles. The molecule has 33 heavy (non-hydrogen) atoms. The standard InChI is InChI=1S/C25H18FN3O3S/c1-2-32-15-11-12-20-22(13-15)33-25(28-20)27-14-18-16-7-3-4-8-17(16)23(30)29(24(18)31)21-10-6-5-9-19(21)26/h3-14,31H,2H2,1H3/b27-14+. The maximum atomic E-state index is 14.5. The first kappa shape index (κ1) is 20.8. The average molecular weight is 460 g/mol. The van der Waals surface area contributed by atoms with Crippen molar-refractivity contribution in [3.8, 4) is 17.3 Å². The number of halogens is 1. The summed E-state index contributed by atoms with van der Waals surface area (Å²) >= 11 is 1.37. The van der Waals surface area contributed by atoms with Gasteiger partial charge in [0.2, 0.25) is 11.0 Å². The van der Waals surface area contributed by atoms with E-state index in [-0.39, 0.29) is 5.69 Å². The van der Waals surface area contributed by atoms with Crippen LogP contribution in [-0.4, -0.2) is 27.5 Å². The summed E-state index contributed by atoms with van der Waals surface area (Å²) in [6.07, 6.45) is 1.45. The molecular formula is C25H18FN3O3S. The van der Waals surface area contributed by atoms with E-state index in [4.69, 9.17) is 4.74 Å². The van der Waals surface area contributed by atoms with Gasteiger partial charge in [0.25, 0.3) is 5.56 Å². The maximum Gasteiger partial charge on any atom is 0.265 e. The summed E-state index contributed by atoms with van der Waals surface area (Å²) < 4.78 is 21.9. The monoisotopic (exact) mass is 459 g/mol. The summed E-state index contributed by atoms with van der Waals surface area (Å²) in [4.78, 5) is 22.1. The van der Waals surface area contributed by atoms with Crippen LogP contribution in [0.15, 0.2) is 76.5 Å². The zero-order valence-corrected chi connectivity index (χ0v) is 18.3. The zero-order chi connectivity index (χ0) is 22.9. The van der Waals surface area contributed by atoms with Crippen LogP contribution < -0.4 is 10.3 Å². The molecule has 0 saturated heterocycles. The van der Waals surface area contributed by atoms with Crippen molar-refractivity contribution in [2.75, 3.05) is 6.61 Å². The SMILES string of the molecule is CCOc1ccc2nc(/N=C/c3c(O)n(-c4ccccc4F)c(=O)c4ccccc34)sc2c1. The molecule has 0 unspecified atom stereocenters. The van der Waals surface area contributed by atoms with Crippen molar-refractivity contribution in [1.82, 2.24) is 9.55 Å². The molecule has 0 amide bonds. The van der Waals surface area contributed by atoms with Crippen molar-refractivity contribution in [1.29, 1.82) is 0 Å². The first-order chi connectivity index (χ1) is 16.1. The van der Waals surface area contributed by atoms with Crippen molar-refractivity contribution in [3.05, 3.63) is 88.5 Å². The molecule has 0 radical (unpaired) electrons. The molecule has 8 heteroatoms. The van der Waals surface area contributed by atoms with Gasteiger partial charge in [0, 0.05) is 17.0 Å². The van der Waals surface area contributed by atoms with Crippen LogP contribution in [0.1, 0.15) is 12.5 Å². The van der Waals surface area contributed by atoms with Gasteiger partial charge in [-0.2, -0.15) is 0 Å². The Balaban J connectivity index is 1.67. The molecule has 0 aliphatic carbocycles. The fourth-order valence-corrected chi connectivity index (χ4v) is 4.51. The highest BCUT2D eigenvalue weighted by Crippen LogP contribution is 2.32. The lowest BCUT2D eigenvalue weighted by molar-refractivity contribution is 0.341. The van der Waals surface area contributed by atoms with Crippen LogP contribution in [0.5, 0.6) is 11.6 Å². The Morgan fingerprint density at radius 3 is 2.67 bits per heavy atom. The number of aromatic hydroxyl groups is 1. The molecule has 5 aromatic rings. The number of ether oxygens (including phenoxy) is 1. The smallest absolute Gasteiger partial charge is 0.265 e. The Morgan fingerprint density at radius 1 is 1.12 bits per heavy atom. The Hall–Kier alpha value is -4.04. The van der Waals surface area contributed by atoms with Crippen molar-refractivity contribution in [3.63, 3.8) is 0 Å². The van der Waals surface area contributed by atoms with Gasteiger partial charge >= 0.3 is 0 Å². The number of rotatable bonds is 5. The number of hydrogen-bond acceptors (Lipinski definition) is 6. The van der Waals surface area contributed by atoms with E-state index in [9.17, 15) is 14.3 Å². The van der Waals surface area contributed by atoms with Crippen molar-refractivity contribution in [2.24, 2.45) is 4.99 Å². The van der Waals surface area contributed by atoms with Gasteiger partial charge < -0.3 is 9.84 Å². The van der Waals surface area contributed by atoms with Gasteiger partial charge in [0.05, 0.1) is 28.1 Å². The second-order valence-corrected chi connectivity index (χ2v) is 8.20. The van der Waals surface area contributed by atoms with Crippen LogP contribution >= 0.6 is 11.3 Å². The number of nitrogens with zero attached hydrogens (tertiary/aromatic N) is 3. The van der Waals surface area contributed by atoms with Crippen molar-refractivity contribution in [2.45, 2.75) is 6.92 Å². The second kappa shape index (κ2) is 8.48. The van der Waals surface area contributed by atoms with Crippen molar-refractivity contribution >= 4 is 43.7 Å². The van der Waals surface area contributed by atoms with Crippen LogP contribution in [0.25, 0.3) is 26.7 Å². The van der Waals surface area contributed by atoms with E-state index in [1.165, 1.54) is 35.8 Å². The predicted octanol–water partition coefficient (Wildman–Crippen LogP) is 5.59. The van der Waals surface area contributed by atoms with E-state index in [1.54, 1.807) is 30.3 Å². The molecule has 5 rings (SSSR count). The highest BCUT2D eigenvalue weighted by molar-refractivity contribution is 7.22. The van der Waals surface area contributed by atoms with Gasteiger partial charge in [-0.3, -0.25) is 4.79 Å². The summed E-state index contributed by atoms with van der Waals surface area (Å²) in [7, 11) is 0. The quantitative estimate of drug-likeness (QED) is 0.348. The number of thiazole rings is 1. The number of aliphatic imine (C=N–C) groups is 1. The number of fused-ring (bicyclic) bond motifs is 2. The molecule has 0 fully saturated rings. The van der Waals surface area contributed by atoms with E-state index in [2.05, 4.69) is 9.98 Å². The van der Waals surface area contributed by atoms with Gasteiger partial charge in [-0.25, -0.2) is 18.9 Å². The van der Waals surface area contributed by atoms with Gasteiger partial charge in [-0.05, 0) is 43.3 Å². The third kappa shape index (κ3) is 3.74. The number of hydrogen-bond donors (Lipinski definition) is 1. The van der Waals surface area contributed by atoms with E-state index >= 15 is 0 Å². The zero-order valence-electron chi connectivity index (χ0n) is 17.5. The molecule has 2 heterocycles. The minimum absolute atomic E-state index is 0.0381. The summed E-state index contributed by atoms with van der Waals surface area (Å²) in [5, 5.41) is 12.4. The van der Waals surface area contributed by atoms with E-state index in [1.807, 2.05) is 25.1 Å². The second-order valence-electron chi connectivity index (χ2n) is 7.19. The summed E-state index contributed by atoms with van der Waals surface area (Å²) in [6, 6.07) is 18.3. The molecule has 164 valence electrons. The Bertz CT molecular complexity index is 1590. The van der Waals surface area contributed by atoms with Crippen LogP contribution in [0.3, 0.4) is 0 Å². The normalized spacial score (nSPS) is 11.6. The Labute approximate surface area is 191 Å². The average Bonchev–Trinajstić information content (AvgIpc) is 3.23. The lowest BCUT2D eigenvalue weighted by Crippen LogP contribution is -2.21. The molecule has 0 saturated carbocycles. The topological polar surface area (TPSA) is 76.7 Å². The minimum atomic E-state index is -0.621. The Morgan fingerprint density at radius 2 is 1.88 bits per heavy atom. The molecule has 2 aromatic heterocycles. The fraction of sp³-hybridized carbons (Fsp3) is 0.0800. The molecule has 3 aromatic carbocycles. The Kier molecular flexibility index (Phi) is 5.35. The van der Waals surface area contributed by atoms with Crippen molar-refractivity contribution < 1.29 is 14.2 Å². The lowest BCUT2D eigenvalue weighted by atomic mass is 10.1. The summed E-state index contributed by atoms with van der Waals surface area (Å²) in [6.45, 7) is 2.49. The maximum absolute atomic E-state index is 14.5. The van der Waals surface area contributed by atoms with E-state index < -0.39 is 17.3 Å². The van der Waals surface area contributed by atoms with Gasteiger partial charge in [-0.15, -0.1) is 0 Å². The molecule has 0 spiro atoms. The molecular weight excluding hydrogens is 441 g/mol. The van der Waals surface area contributed by atoms with Gasteiger partial charge in [0.1, 0.15) is 11.6 Å². The van der Waals surface area contributed by atoms with Crippen LogP contribution in [0, 0.1) is 5.82 Å². The first-order valence-corrected chi connectivity index (χ1v) is 11.1. The van der Waals surface area contributed by atoms with E-state index in [0.29, 0.717) is 28.1 Å². The molecule has 0 bridgehead atoms. The minimum Gasteiger partial charge on any atom is -0.494 e. The van der Waals surface area contributed by atoms with Crippen LogP contribution in [-0.2, 0) is 0 Å². The third-order valence-corrected chi connectivity index (χ3v) is 6.09. The number of benzene rings is 3. The first-order valence-electron chi connectivity index (χ1n) is 10.3. The predicted molar refractivity (Wildman–Crippen MR) is 129 cm³/mol. The lowest BCUT2D eigenvalue weighted by Gasteiger charge is -2.14. The summed E-state index contributed by atoms with van der Waals surface area (Å²) in [5.74, 6) is -0.263. The van der Waals surface area contributed by atoms with E-state index in [0.717, 1.165) is 20.5 Å². The number of para-hydroxylation sites is 1. The van der Waals surface area contributed by atoms with Gasteiger partial charge in [0.15, 0.2) is 0 Å². The third-order valence-electron chi connectivity index (χ3n) is 5.16. The molecule has 6 nitrogen and oxygen atoms in total. The molecule has 0 aliphatic rings. The fourth-order valence-electron chi connectivity index (χ4n) is 3.67. The van der Waals surface area contributed by atoms with Crippen LogP contribution in [0.4, 0.5) is 9.52 Å². The highest BCUT2D eigenvalue weighted by Gasteiger charge is 2.18. The van der Waals surface area contributed by atoms with Gasteiger partial charge in [-0.1, -0.05) is 41.7 Å². The molecule has 1 N–H and O–H groups in total. The number of pyridine rings is 1. The summed E-state index contributed by atoms with van der Waals surface area (Å²) in [5.41, 5.74) is 0.515. The number of aromatic nitrogens is 2. The highest BCUT2D eigenvalue weighted by atomic mass is 32.1. The largest absolute Gasteiger partial charge is 0.494 e.